The second-order valence-corrected chi connectivity index (χ2v) is 7.91. The predicted molar refractivity (Wildman–Crippen MR) is 108 cm³/mol. The van der Waals surface area contributed by atoms with Gasteiger partial charge < -0.3 is 15.3 Å². The highest BCUT2D eigenvalue weighted by atomic mass is 16.3. The summed E-state index contributed by atoms with van der Waals surface area (Å²) in [5.74, 6) is 2.66. The van der Waals surface area contributed by atoms with Crippen molar-refractivity contribution < 1.29 is 5.11 Å². The molecule has 1 aromatic carbocycles. The number of aromatic nitrogens is 4. The van der Waals surface area contributed by atoms with Crippen LogP contribution in [0, 0.1) is 11.8 Å². The molecular weight excluding hydrogens is 352 g/mol. The number of nitrogens with one attached hydrogen (secondary N) is 2. The number of fused-ring (bicyclic) bond motifs is 1. The average Bonchev–Trinajstić information content (AvgIpc) is 3.45. The third-order valence-corrected chi connectivity index (χ3v) is 6.29. The summed E-state index contributed by atoms with van der Waals surface area (Å²) in [4.78, 5) is 2.26. The highest BCUT2D eigenvalue weighted by Gasteiger charge is 2.39. The minimum Gasteiger partial charge on any atom is -0.507 e. The summed E-state index contributed by atoms with van der Waals surface area (Å²) >= 11 is 0. The Balaban J connectivity index is 1.34. The fraction of sp³-hybridized carbons (Fsp3) is 0.381. The van der Waals surface area contributed by atoms with Crippen LogP contribution in [-0.2, 0) is 0 Å². The summed E-state index contributed by atoms with van der Waals surface area (Å²) in [6.07, 6.45) is 5.96. The number of nitrogens with zero attached hydrogens (tertiary/aromatic N) is 4. The number of H-pyrrole nitrogens is 1. The Hall–Kier alpha value is -2.93. The molecule has 1 saturated heterocycles. The van der Waals surface area contributed by atoms with Crippen LogP contribution in [-0.4, -0.2) is 51.7 Å². The van der Waals surface area contributed by atoms with Crippen molar-refractivity contribution in [3.8, 4) is 28.1 Å². The van der Waals surface area contributed by atoms with Crippen molar-refractivity contribution in [2.24, 2.45) is 11.8 Å². The van der Waals surface area contributed by atoms with Crippen LogP contribution in [0.1, 0.15) is 12.8 Å². The van der Waals surface area contributed by atoms with Crippen LogP contribution < -0.4 is 10.2 Å². The first kappa shape index (κ1) is 17.2. The van der Waals surface area contributed by atoms with Gasteiger partial charge in [0.15, 0.2) is 5.82 Å². The summed E-state index contributed by atoms with van der Waals surface area (Å²) in [5, 5.41) is 29.5. The molecule has 3 N–H and O–H groups in total. The van der Waals surface area contributed by atoms with Gasteiger partial charge in [-0.25, -0.2) is 0 Å². The summed E-state index contributed by atoms with van der Waals surface area (Å²) in [5.41, 5.74) is 3.18. The Bertz CT molecular complexity index is 944. The number of anilines is 1. The molecule has 0 unspecified atom stereocenters. The van der Waals surface area contributed by atoms with E-state index in [0.717, 1.165) is 41.9 Å². The van der Waals surface area contributed by atoms with E-state index in [-0.39, 0.29) is 5.75 Å². The summed E-state index contributed by atoms with van der Waals surface area (Å²) in [6, 6.07) is 10.0. The van der Waals surface area contributed by atoms with Gasteiger partial charge >= 0.3 is 0 Å². The van der Waals surface area contributed by atoms with Gasteiger partial charge in [0.1, 0.15) is 5.75 Å². The Kier molecular flexibility index (Phi) is 4.24. The van der Waals surface area contributed by atoms with Crippen LogP contribution in [0.15, 0.2) is 42.7 Å². The number of phenols is 1. The first-order valence-corrected chi connectivity index (χ1v) is 9.79. The van der Waals surface area contributed by atoms with Crippen LogP contribution in [0.25, 0.3) is 22.4 Å². The number of hydrogen-bond donors (Lipinski definition) is 3. The van der Waals surface area contributed by atoms with Crippen LogP contribution in [0.3, 0.4) is 0 Å². The van der Waals surface area contributed by atoms with Gasteiger partial charge in [0.2, 0.25) is 0 Å². The van der Waals surface area contributed by atoms with Gasteiger partial charge in [-0.1, -0.05) is 6.07 Å². The maximum atomic E-state index is 10.5. The SMILES string of the molecule is CN(c1ccc(-c2ccc(-c3cn[nH]c3)cc2O)nn1)[C@@H]1C[C@H]2CNC[C@H]2C1. The topological polar surface area (TPSA) is 90.0 Å². The minimum absolute atomic E-state index is 0.185. The zero-order valence-corrected chi connectivity index (χ0v) is 15.8. The third-order valence-electron chi connectivity index (χ3n) is 6.29. The molecule has 3 atom stereocenters. The number of phenolic OH excluding ortho intramolecular Hbond substituents is 1. The Labute approximate surface area is 163 Å². The maximum absolute atomic E-state index is 10.5. The molecule has 28 heavy (non-hydrogen) atoms. The van der Waals surface area contributed by atoms with E-state index >= 15 is 0 Å². The second kappa shape index (κ2) is 6.91. The molecule has 0 bridgehead atoms. The lowest BCUT2D eigenvalue weighted by atomic mass is 10.0. The zero-order valence-electron chi connectivity index (χ0n) is 15.8. The van der Waals surface area contributed by atoms with Gasteiger partial charge in [-0.2, -0.15) is 5.10 Å². The van der Waals surface area contributed by atoms with Gasteiger partial charge in [0.05, 0.1) is 11.9 Å². The number of aromatic hydroxyl groups is 1. The predicted octanol–water partition coefficient (Wildman–Crippen LogP) is 2.67. The number of benzene rings is 1. The molecule has 2 aliphatic rings. The lowest BCUT2D eigenvalue weighted by Crippen LogP contribution is -2.31. The van der Waals surface area contributed by atoms with E-state index in [2.05, 4.69) is 37.7 Å². The number of rotatable bonds is 4. The summed E-state index contributed by atoms with van der Waals surface area (Å²) in [6.45, 7) is 2.29. The van der Waals surface area contributed by atoms with Crippen molar-refractivity contribution in [3.05, 3.63) is 42.7 Å². The van der Waals surface area contributed by atoms with Crippen molar-refractivity contribution in [3.63, 3.8) is 0 Å². The summed E-state index contributed by atoms with van der Waals surface area (Å²) < 4.78 is 0. The molecular formula is C21H24N6O. The highest BCUT2D eigenvalue weighted by molar-refractivity contribution is 5.73. The third kappa shape index (κ3) is 3.01. The molecule has 0 radical (unpaired) electrons. The molecule has 1 aliphatic carbocycles. The van der Waals surface area contributed by atoms with Gasteiger partial charge in [-0.15, -0.1) is 10.2 Å². The zero-order chi connectivity index (χ0) is 19.1. The minimum atomic E-state index is 0.185. The molecule has 144 valence electrons. The first-order chi connectivity index (χ1) is 13.7. The molecule has 1 saturated carbocycles. The van der Waals surface area contributed by atoms with Gasteiger partial charge in [0.25, 0.3) is 0 Å². The summed E-state index contributed by atoms with van der Waals surface area (Å²) in [7, 11) is 2.11. The van der Waals surface area contributed by atoms with Crippen LogP contribution >= 0.6 is 0 Å². The fourth-order valence-electron chi connectivity index (χ4n) is 4.63. The molecule has 5 rings (SSSR count). The molecule has 7 heteroatoms. The first-order valence-electron chi connectivity index (χ1n) is 9.79. The number of hydrogen-bond acceptors (Lipinski definition) is 6. The van der Waals surface area contributed by atoms with E-state index in [1.165, 1.54) is 12.8 Å². The smallest absolute Gasteiger partial charge is 0.151 e. The van der Waals surface area contributed by atoms with E-state index < -0.39 is 0 Å². The molecule has 3 heterocycles. The van der Waals surface area contributed by atoms with Crippen LogP contribution in [0.5, 0.6) is 5.75 Å². The van der Waals surface area contributed by atoms with E-state index in [4.69, 9.17) is 0 Å². The normalized spacial score (nSPS) is 23.7. The molecule has 1 aliphatic heterocycles. The van der Waals surface area contributed by atoms with Gasteiger partial charge in [-0.05, 0) is 67.6 Å². The lowest BCUT2D eigenvalue weighted by Gasteiger charge is -2.26. The van der Waals surface area contributed by atoms with Crippen molar-refractivity contribution in [1.29, 1.82) is 0 Å². The molecule has 0 spiro atoms. The largest absolute Gasteiger partial charge is 0.507 e. The average molecular weight is 376 g/mol. The van der Waals surface area contributed by atoms with Crippen molar-refractivity contribution in [2.45, 2.75) is 18.9 Å². The standard InChI is InChI=1S/C21H24N6O/c1-27(17-6-14-9-22-10-15(14)7-17)21-5-4-19(25-26-21)18-3-2-13(8-20(18)28)16-11-23-24-12-16/h2-5,8,11-12,14-15,17,22,28H,6-7,9-10H2,1H3,(H,23,24)/t14-,15+,17+. The van der Waals surface area contributed by atoms with E-state index in [0.29, 0.717) is 17.3 Å². The van der Waals surface area contributed by atoms with E-state index in [1.54, 1.807) is 18.5 Å². The highest BCUT2D eigenvalue weighted by Crippen LogP contribution is 2.38. The van der Waals surface area contributed by atoms with Crippen molar-refractivity contribution in [2.75, 3.05) is 25.0 Å². The van der Waals surface area contributed by atoms with E-state index in [1.807, 2.05) is 24.3 Å². The molecule has 3 aromatic rings. The van der Waals surface area contributed by atoms with E-state index in [9.17, 15) is 5.11 Å². The monoisotopic (exact) mass is 376 g/mol. The Morgan fingerprint density at radius 3 is 2.50 bits per heavy atom. The van der Waals surface area contributed by atoms with Gasteiger partial charge in [-0.3, -0.25) is 5.10 Å². The molecule has 2 aromatic heterocycles. The van der Waals surface area contributed by atoms with Crippen molar-refractivity contribution in [1.82, 2.24) is 25.7 Å². The lowest BCUT2D eigenvalue weighted by molar-refractivity contribution is 0.477. The Morgan fingerprint density at radius 2 is 1.86 bits per heavy atom. The quantitative estimate of drug-likeness (QED) is 0.649. The molecule has 2 fully saturated rings. The molecule has 0 amide bonds. The molecule has 7 nitrogen and oxygen atoms in total. The van der Waals surface area contributed by atoms with Crippen LogP contribution in [0.2, 0.25) is 0 Å². The van der Waals surface area contributed by atoms with Crippen molar-refractivity contribution >= 4 is 5.82 Å². The fourth-order valence-corrected chi connectivity index (χ4v) is 4.63. The van der Waals surface area contributed by atoms with Gasteiger partial charge in [0, 0.05) is 30.4 Å². The maximum Gasteiger partial charge on any atom is 0.151 e. The Morgan fingerprint density at radius 1 is 1.04 bits per heavy atom. The van der Waals surface area contributed by atoms with Crippen LogP contribution in [0.4, 0.5) is 5.82 Å². The number of aromatic amines is 1. The second-order valence-electron chi connectivity index (χ2n) is 7.91.